The first-order chi connectivity index (χ1) is 11.7. The fraction of sp³-hybridized carbons (Fsp3) is 0.421. The van der Waals surface area contributed by atoms with Gasteiger partial charge in [0.15, 0.2) is 0 Å². The number of nitrogens with zero attached hydrogens (tertiary/aromatic N) is 2. The summed E-state index contributed by atoms with van der Waals surface area (Å²) < 4.78 is 0. The van der Waals surface area contributed by atoms with Gasteiger partial charge in [-0.3, -0.25) is 4.79 Å². The number of carbonyl (C=O) groups excluding carboxylic acids is 1. The average molecular weight is 324 g/mol. The molecule has 1 aliphatic carbocycles. The van der Waals surface area contributed by atoms with Crippen LogP contribution in [-0.2, 0) is 6.54 Å². The second-order valence-electron chi connectivity index (χ2n) is 6.44. The Morgan fingerprint density at radius 2 is 1.75 bits per heavy atom. The molecule has 0 unspecified atom stereocenters. The Labute approximate surface area is 142 Å². The minimum absolute atomic E-state index is 0.0769. The van der Waals surface area contributed by atoms with Gasteiger partial charge in [0.1, 0.15) is 0 Å². The van der Waals surface area contributed by atoms with Crippen LogP contribution in [0.5, 0.6) is 0 Å². The normalized spacial score (nSPS) is 15.0. The minimum Gasteiger partial charge on any atom is -0.350 e. The molecule has 0 spiro atoms. The van der Waals surface area contributed by atoms with Gasteiger partial charge >= 0.3 is 0 Å². The lowest BCUT2D eigenvalue weighted by Crippen LogP contribution is -2.36. The number of carbonyl (C=O) groups is 1. The van der Waals surface area contributed by atoms with Gasteiger partial charge in [-0.1, -0.05) is 49.1 Å². The highest BCUT2D eigenvalue weighted by molar-refractivity contribution is 5.93. The SMILES string of the molecule is Cc1ccc(CNc2ncc(C(=O)NC3CCCCC3)cn2)cc1. The molecule has 2 aromatic rings. The lowest BCUT2D eigenvalue weighted by atomic mass is 9.95. The van der Waals surface area contributed by atoms with Gasteiger partial charge < -0.3 is 10.6 Å². The number of hydrogen-bond donors (Lipinski definition) is 2. The zero-order valence-electron chi connectivity index (χ0n) is 14.1. The second kappa shape index (κ2) is 7.90. The van der Waals surface area contributed by atoms with Crippen LogP contribution in [0.3, 0.4) is 0 Å². The van der Waals surface area contributed by atoms with Crippen molar-refractivity contribution in [3.05, 3.63) is 53.3 Å². The van der Waals surface area contributed by atoms with Gasteiger partial charge in [-0.15, -0.1) is 0 Å². The molecule has 0 saturated heterocycles. The lowest BCUT2D eigenvalue weighted by molar-refractivity contribution is 0.0927. The van der Waals surface area contributed by atoms with Crippen molar-refractivity contribution in [3.63, 3.8) is 0 Å². The molecule has 5 heteroatoms. The van der Waals surface area contributed by atoms with Gasteiger partial charge in [-0.25, -0.2) is 9.97 Å². The highest BCUT2D eigenvalue weighted by Crippen LogP contribution is 2.17. The van der Waals surface area contributed by atoms with Crippen molar-refractivity contribution >= 4 is 11.9 Å². The summed E-state index contributed by atoms with van der Waals surface area (Å²) in [6, 6.07) is 8.61. The predicted molar refractivity (Wildman–Crippen MR) is 94.9 cm³/mol. The second-order valence-corrected chi connectivity index (χ2v) is 6.44. The molecule has 1 aromatic carbocycles. The van der Waals surface area contributed by atoms with E-state index in [9.17, 15) is 4.79 Å². The van der Waals surface area contributed by atoms with Gasteiger partial charge in [0.05, 0.1) is 5.56 Å². The Morgan fingerprint density at radius 3 is 2.42 bits per heavy atom. The summed E-state index contributed by atoms with van der Waals surface area (Å²) in [6.45, 7) is 2.73. The van der Waals surface area contributed by atoms with Crippen LogP contribution in [0.1, 0.15) is 53.6 Å². The summed E-state index contributed by atoms with van der Waals surface area (Å²) in [5.41, 5.74) is 2.92. The fourth-order valence-corrected chi connectivity index (χ4v) is 2.94. The summed E-state index contributed by atoms with van der Waals surface area (Å²) in [6.07, 6.45) is 8.99. The van der Waals surface area contributed by atoms with Crippen molar-refractivity contribution in [2.75, 3.05) is 5.32 Å². The monoisotopic (exact) mass is 324 g/mol. The third kappa shape index (κ3) is 4.54. The summed E-state index contributed by atoms with van der Waals surface area (Å²) in [7, 11) is 0. The smallest absolute Gasteiger partial charge is 0.254 e. The number of benzene rings is 1. The highest BCUT2D eigenvalue weighted by Gasteiger charge is 2.17. The first-order valence-electron chi connectivity index (χ1n) is 8.63. The number of anilines is 1. The molecule has 1 fully saturated rings. The Balaban J connectivity index is 1.52. The topological polar surface area (TPSA) is 66.9 Å². The van der Waals surface area contributed by atoms with E-state index in [1.54, 1.807) is 12.4 Å². The maximum Gasteiger partial charge on any atom is 0.254 e. The predicted octanol–water partition coefficient (Wildman–Crippen LogP) is 3.46. The van der Waals surface area contributed by atoms with Crippen LogP contribution in [0, 0.1) is 6.92 Å². The molecule has 0 aliphatic heterocycles. The Bertz CT molecular complexity index is 661. The lowest BCUT2D eigenvalue weighted by Gasteiger charge is -2.22. The fourth-order valence-electron chi connectivity index (χ4n) is 2.94. The molecule has 0 bridgehead atoms. The van der Waals surface area contributed by atoms with E-state index < -0.39 is 0 Å². The molecule has 3 rings (SSSR count). The molecular weight excluding hydrogens is 300 g/mol. The van der Waals surface area contributed by atoms with Crippen LogP contribution >= 0.6 is 0 Å². The molecule has 0 atom stereocenters. The van der Waals surface area contributed by atoms with Crippen molar-refractivity contribution in [2.45, 2.75) is 51.6 Å². The first kappa shape index (κ1) is 16.4. The molecule has 1 aliphatic rings. The Hall–Kier alpha value is -2.43. The molecule has 1 saturated carbocycles. The third-order valence-corrected chi connectivity index (χ3v) is 4.43. The maximum atomic E-state index is 12.2. The number of rotatable bonds is 5. The van der Waals surface area contributed by atoms with Gasteiger partial charge in [-0.2, -0.15) is 0 Å². The summed E-state index contributed by atoms with van der Waals surface area (Å²) in [5, 5.41) is 6.25. The molecule has 2 N–H and O–H groups in total. The highest BCUT2D eigenvalue weighted by atomic mass is 16.1. The quantitative estimate of drug-likeness (QED) is 0.884. The number of aromatic nitrogens is 2. The van der Waals surface area contributed by atoms with Crippen molar-refractivity contribution in [3.8, 4) is 0 Å². The zero-order chi connectivity index (χ0) is 16.8. The van der Waals surface area contributed by atoms with Crippen LogP contribution in [0.2, 0.25) is 0 Å². The molecule has 1 amide bonds. The van der Waals surface area contributed by atoms with E-state index in [1.165, 1.54) is 30.4 Å². The van der Waals surface area contributed by atoms with E-state index >= 15 is 0 Å². The van der Waals surface area contributed by atoms with Crippen LogP contribution in [0.25, 0.3) is 0 Å². The summed E-state index contributed by atoms with van der Waals surface area (Å²) >= 11 is 0. The van der Waals surface area contributed by atoms with E-state index in [0.29, 0.717) is 24.1 Å². The van der Waals surface area contributed by atoms with E-state index in [1.807, 2.05) is 0 Å². The number of nitrogens with one attached hydrogen (secondary N) is 2. The molecule has 24 heavy (non-hydrogen) atoms. The maximum absolute atomic E-state index is 12.2. The number of hydrogen-bond acceptors (Lipinski definition) is 4. The van der Waals surface area contributed by atoms with E-state index in [2.05, 4.69) is 51.8 Å². The molecular formula is C19H24N4O. The summed E-state index contributed by atoms with van der Waals surface area (Å²) in [4.78, 5) is 20.7. The van der Waals surface area contributed by atoms with Crippen molar-refractivity contribution in [2.24, 2.45) is 0 Å². The molecule has 1 aromatic heterocycles. The minimum atomic E-state index is -0.0769. The third-order valence-electron chi connectivity index (χ3n) is 4.43. The van der Waals surface area contributed by atoms with Crippen LogP contribution in [0.4, 0.5) is 5.95 Å². The van der Waals surface area contributed by atoms with Gasteiger partial charge in [0, 0.05) is 25.0 Å². The van der Waals surface area contributed by atoms with Crippen molar-refractivity contribution in [1.82, 2.24) is 15.3 Å². The van der Waals surface area contributed by atoms with E-state index in [0.717, 1.165) is 12.8 Å². The standard InChI is InChI=1S/C19H24N4O/c1-14-7-9-15(10-8-14)11-20-19-21-12-16(13-22-19)18(24)23-17-5-3-2-4-6-17/h7-10,12-13,17H,2-6,11H2,1H3,(H,23,24)(H,20,21,22). The number of aryl methyl sites for hydroxylation is 1. The van der Waals surface area contributed by atoms with Crippen LogP contribution in [0.15, 0.2) is 36.7 Å². The van der Waals surface area contributed by atoms with E-state index in [4.69, 9.17) is 0 Å². The van der Waals surface area contributed by atoms with Gasteiger partial charge in [-0.05, 0) is 25.3 Å². The average Bonchev–Trinajstić information content (AvgIpc) is 2.62. The van der Waals surface area contributed by atoms with Crippen molar-refractivity contribution < 1.29 is 4.79 Å². The van der Waals surface area contributed by atoms with Crippen LogP contribution < -0.4 is 10.6 Å². The Kier molecular flexibility index (Phi) is 5.41. The first-order valence-corrected chi connectivity index (χ1v) is 8.63. The van der Waals surface area contributed by atoms with E-state index in [-0.39, 0.29) is 5.91 Å². The zero-order valence-corrected chi connectivity index (χ0v) is 14.1. The number of amides is 1. The largest absolute Gasteiger partial charge is 0.350 e. The van der Waals surface area contributed by atoms with Gasteiger partial charge in [0.25, 0.3) is 5.91 Å². The molecule has 5 nitrogen and oxygen atoms in total. The van der Waals surface area contributed by atoms with Crippen molar-refractivity contribution in [1.29, 1.82) is 0 Å². The van der Waals surface area contributed by atoms with Gasteiger partial charge in [0.2, 0.25) is 5.95 Å². The summed E-state index contributed by atoms with van der Waals surface area (Å²) in [5.74, 6) is 0.455. The molecule has 1 heterocycles. The Morgan fingerprint density at radius 1 is 1.08 bits per heavy atom. The van der Waals surface area contributed by atoms with Crippen LogP contribution in [-0.4, -0.2) is 21.9 Å². The molecule has 0 radical (unpaired) electrons. The molecule has 126 valence electrons.